The van der Waals surface area contributed by atoms with Crippen LogP contribution in [-0.4, -0.2) is 24.5 Å². The van der Waals surface area contributed by atoms with Crippen molar-refractivity contribution < 1.29 is 9.53 Å². The van der Waals surface area contributed by atoms with Gasteiger partial charge in [0, 0.05) is 23.9 Å². The standard InChI is InChI=1S/C19H17ClN2O2S/c1-24-17-9-5-3-7-15(17)18(23)21-11-10-13-12-25-19(22-13)14-6-2-4-8-16(14)20/h2-9,12H,10-11H2,1H3,(H,21,23). The second-order valence-electron chi connectivity index (χ2n) is 5.33. The first-order valence-corrected chi connectivity index (χ1v) is 9.05. The van der Waals surface area contributed by atoms with Gasteiger partial charge in [0.2, 0.25) is 0 Å². The van der Waals surface area contributed by atoms with Crippen LogP contribution in [0.15, 0.2) is 53.9 Å². The number of carbonyl (C=O) groups is 1. The first-order chi connectivity index (χ1) is 12.2. The molecule has 1 N–H and O–H groups in total. The topological polar surface area (TPSA) is 51.2 Å². The van der Waals surface area contributed by atoms with Gasteiger partial charge in [-0.1, -0.05) is 41.9 Å². The molecule has 6 heteroatoms. The van der Waals surface area contributed by atoms with Crippen molar-refractivity contribution in [2.24, 2.45) is 0 Å². The number of amides is 1. The Kier molecular flexibility index (Phi) is 5.68. The van der Waals surface area contributed by atoms with Gasteiger partial charge in [0.1, 0.15) is 10.8 Å². The Morgan fingerprint density at radius 3 is 2.76 bits per heavy atom. The highest BCUT2D eigenvalue weighted by molar-refractivity contribution is 7.13. The van der Waals surface area contributed by atoms with Gasteiger partial charge in [-0.25, -0.2) is 4.98 Å². The number of rotatable bonds is 6. The van der Waals surface area contributed by atoms with Crippen LogP contribution in [0.2, 0.25) is 5.02 Å². The van der Waals surface area contributed by atoms with Crippen molar-refractivity contribution in [1.29, 1.82) is 0 Å². The summed E-state index contributed by atoms with van der Waals surface area (Å²) in [6, 6.07) is 14.8. The Bertz CT molecular complexity index is 879. The maximum atomic E-state index is 12.3. The van der Waals surface area contributed by atoms with Crippen LogP contribution in [0.5, 0.6) is 5.75 Å². The van der Waals surface area contributed by atoms with E-state index >= 15 is 0 Å². The minimum atomic E-state index is -0.154. The highest BCUT2D eigenvalue weighted by atomic mass is 35.5. The fourth-order valence-corrected chi connectivity index (χ4v) is 3.59. The van der Waals surface area contributed by atoms with Crippen molar-refractivity contribution >= 4 is 28.8 Å². The van der Waals surface area contributed by atoms with Crippen LogP contribution in [0, 0.1) is 0 Å². The number of hydrogen-bond donors (Lipinski definition) is 1. The van der Waals surface area contributed by atoms with Gasteiger partial charge in [-0.15, -0.1) is 11.3 Å². The summed E-state index contributed by atoms with van der Waals surface area (Å²) in [6.07, 6.45) is 0.655. The number of para-hydroxylation sites is 1. The van der Waals surface area contributed by atoms with E-state index in [2.05, 4.69) is 10.3 Å². The van der Waals surface area contributed by atoms with Crippen molar-refractivity contribution in [2.45, 2.75) is 6.42 Å². The second kappa shape index (κ2) is 8.14. The van der Waals surface area contributed by atoms with Crippen LogP contribution in [0.25, 0.3) is 10.6 Å². The van der Waals surface area contributed by atoms with Crippen molar-refractivity contribution in [3.05, 3.63) is 70.2 Å². The molecule has 3 aromatic rings. The monoisotopic (exact) mass is 372 g/mol. The van der Waals surface area contributed by atoms with Gasteiger partial charge in [-0.05, 0) is 18.2 Å². The molecule has 0 spiro atoms. The predicted octanol–water partition coefficient (Wildman–Crippen LogP) is 4.44. The molecule has 0 bridgehead atoms. The number of nitrogens with one attached hydrogen (secondary N) is 1. The third kappa shape index (κ3) is 4.18. The van der Waals surface area contributed by atoms with Gasteiger partial charge < -0.3 is 10.1 Å². The first-order valence-electron chi connectivity index (χ1n) is 7.79. The van der Waals surface area contributed by atoms with Gasteiger partial charge in [-0.2, -0.15) is 0 Å². The first kappa shape index (κ1) is 17.5. The van der Waals surface area contributed by atoms with E-state index in [1.807, 2.05) is 41.8 Å². The third-order valence-electron chi connectivity index (χ3n) is 3.67. The highest BCUT2D eigenvalue weighted by Gasteiger charge is 2.12. The van der Waals surface area contributed by atoms with Crippen LogP contribution in [-0.2, 0) is 6.42 Å². The van der Waals surface area contributed by atoms with Crippen molar-refractivity contribution in [1.82, 2.24) is 10.3 Å². The fourth-order valence-electron chi connectivity index (χ4n) is 2.41. The Morgan fingerprint density at radius 2 is 1.96 bits per heavy atom. The number of thiazole rings is 1. The number of ether oxygens (including phenoxy) is 1. The largest absolute Gasteiger partial charge is 0.496 e. The lowest BCUT2D eigenvalue weighted by Gasteiger charge is -2.08. The normalized spacial score (nSPS) is 10.5. The van der Waals surface area contributed by atoms with Gasteiger partial charge in [-0.3, -0.25) is 4.79 Å². The van der Waals surface area contributed by atoms with E-state index in [1.165, 1.54) is 0 Å². The number of aromatic nitrogens is 1. The Morgan fingerprint density at radius 1 is 1.20 bits per heavy atom. The zero-order valence-corrected chi connectivity index (χ0v) is 15.2. The van der Waals surface area contributed by atoms with Crippen LogP contribution in [0.4, 0.5) is 0 Å². The SMILES string of the molecule is COc1ccccc1C(=O)NCCc1csc(-c2ccccc2Cl)n1. The Hall–Kier alpha value is -2.37. The van der Waals surface area contributed by atoms with E-state index in [1.54, 1.807) is 30.6 Å². The summed E-state index contributed by atoms with van der Waals surface area (Å²) in [5.74, 6) is 0.411. The maximum Gasteiger partial charge on any atom is 0.255 e. The van der Waals surface area contributed by atoms with Crippen molar-refractivity contribution in [3.63, 3.8) is 0 Å². The molecule has 0 aliphatic rings. The molecule has 1 amide bonds. The molecule has 0 aliphatic carbocycles. The summed E-state index contributed by atoms with van der Waals surface area (Å²) in [6.45, 7) is 0.503. The molecule has 1 aromatic heterocycles. The average Bonchev–Trinajstić information content (AvgIpc) is 3.10. The molecule has 0 saturated carbocycles. The lowest BCUT2D eigenvalue weighted by atomic mass is 10.2. The minimum Gasteiger partial charge on any atom is -0.496 e. The molecule has 4 nitrogen and oxygen atoms in total. The molecule has 0 atom stereocenters. The molecule has 2 aromatic carbocycles. The number of hydrogen-bond acceptors (Lipinski definition) is 4. The summed E-state index contributed by atoms with van der Waals surface area (Å²) < 4.78 is 5.21. The van der Waals surface area contributed by atoms with Gasteiger partial charge in [0.15, 0.2) is 0 Å². The van der Waals surface area contributed by atoms with E-state index in [9.17, 15) is 4.79 Å². The molecule has 0 fully saturated rings. The summed E-state index contributed by atoms with van der Waals surface area (Å²) in [5, 5.41) is 6.47. The lowest BCUT2D eigenvalue weighted by molar-refractivity contribution is 0.0951. The molecular formula is C19H17ClN2O2S. The molecule has 1 heterocycles. The molecule has 3 rings (SSSR count). The van der Waals surface area contributed by atoms with E-state index in [0.717, 1.165) is 16.3 Å². The number of halogens is 1. The zero-order valence-electron chi connectivity index (χ0n) is 13.7. The van der Waals surface area contributed by atoms with E-state index < -0.39 is 0 Å². The number of methoxy groups -OCH3 is 1. The van der Waals surface area contributed by atoms with Crippen LogP contribution < -0.4 is 10.1 Å². The second-order valence-corrected chi connectivity index (χ2v) is 6.60. The maximum absolute atomic E-state index is 12.3. The molecule has 0 radical (unpaired) electrons. The fraction of sp³-hybridized carbons (Fsp3) is 0.158. The Labute approximate surface area is 155 Å². The van der Waals surface area contributed by atoms with Crippen LogP contribution in [0.3, 0.4) is 0 Å². The predicted molar refractivity (Wildman–Crippen MR) is 102 cm³/mol. The molecule has 0 aliphatic heterocycles. The highest BCUT2D eigenvalue weighted by Crippen LogP contribution is 2.30. The van der Waals surface area contributed by atoms with Crippen LogP contribution >= 0.6 is 22.9 Å². The molecular weight excluding hydrogens is 356 g/mol. The van der Waals surface area contributed by atoms with Gasteiger partial charge in [0.05, 0.1) is 23.4 Å². The van der Waals surface area contributed by atoms with Crippen LogP contribution in [0.1, 0.15) is 16.1 Å². The molecule has 128 valence electrons. The van der Waals surface area contributed by atoms with E-state index in [4.69, 9.17) is 16.3 Å². The minimum absolute atomic E-state index is 0.154. The summed E-state index contributed by atoms with van der Waals surface area (Å²) in [7, 11) is 1.55. The number of nitrogens with zero attached hydrogens (tertiary/aromatic N) is 1. The van der Waals surface area contributed by atoms with Crippen molar-refractivity contribution in [3.8, 4) is 16.3 Å². The van der Waals surface area contributed by atoms with Gasteiger partial charge in [0.25, 0.3) is 5.91 Å². The molecule has 0 unspecified atom stereocenters. The Balaban J connectivity index is 1.60. The smallest absolute Gasteiger partial charge is 0.255 e. The van der Waals surface area contributed by atoms with E-state index in [0.29, 0.717) is 29.3 Å². The van der Waals surface area contributed by atoms with Gasteiger partial charge >= 0.3 is 0 Å². The molecule has 0 saturated heterocycles. The summed E-state index contributed by atoms with van der Waals surface area (Å²) >= 11 is 7.76. The summed E-state index contributed by atoms with van der Waals surface area (Å²) in [4.78, 5) is 16.9. The lowest BCUT2D eigenvalue weighted by Crippen LogP contribution is -2.26. The quantitative estimate of drug-likeness (QED) is 0.695. The average molecular weight is 373 g/mol. The molecule has 25 heavy (non-hydrogen) atoms. The summed E-state index contributed by atoms with van der Waals surface area (Å²) in [5.41, 5.74) is 2.39. The van der Waals surface area contributed by atoms with E-state index in [-0.39, 0.29) is 5.91 Å². The number of benzene rings is 2. The number of carbonyl (C=O) groups excluding carboxylic acids is 1. The third-order valence-corrected chi connectivity index (χ3v) is 4.93. The van der Waals surface area contributed by atoms with Crippen molar-refractivity contribution in [2.75, 3.05) is 13.7 Å². The zero-order chi connectivity index (χ0) is 17.6.